The van der Waals surface area contributed by atoms with Crippen LogP contribution in [0.25, 0.3) is 0 Å². The number of carboxylic acids is 1. The van der Waals surface area contributed by atoms with E-state index in [-0.39, 0.29) is 24.4 Å². The molecule has 20 heavy (non-hydrogen) atoms. The normalized spacial score (nSPS) is 21.6. The summed E-state index contributed by atoms with van der Waals surface area (Å²) in [5.74, 6) is -0.688. The zero-order valence-electron chi connectivity index (χ0n) is 11.5. The molecule has 2 aliphatic rings. The Hall–Kier alpha value is -2.04. The Bertz CT molecular complexity index is 552. The first-order valence-corrected chi connectivity index (χ1v) is 6.94. The van der Waals surface area contributed by atoms with Crippen LogP contribution in [0, 0.1) is 5.92 Å². The Morgan fingerprint density at radius 3 is 2.70 bits per heavy atom. The lowest BCUT2D eigenvalue weighted by Gasteiger charge is -2.41. The van der Waals surface area contributed by atoms with Gasteiger partial charge in [-0.05, 0) is 25.0 Å². The molecule has 1 aromatic rings. The summed E-state index contributed by atoms with van der Waals surface area (Å²) < 4.78 is 0. The van der Waals surface area contributed by atoms with Gasteiger partial charge in [-0.25, -0.2) is 4.79 Å². The summed E-state index contributed by atoms with van der Waals surface area (Å²) in [6.07, 6.45) is 1.03. The number of carboxylic acid groups (broad SMARTS) is 1. The molecule has 5 nitrogen and oxygen atoms in total. The summed E-state index contributed by atoms with van der Waals surface area (Å²) in [7, 11) is 0. The summed E-state index contributed by atoms with van der Waals surface area (Å²) in [5.41, 5.74) is 2.20. The SMILES string of the molecule is CC1Cc2ccccc2N1C(=O)N1CC(CC(=O)O)C1. The fourth-order valence-corrected chi connectivity index (χ4v) is 3.11. The van der Waals surface area contributed by atoms with E-state index < -0.39 is 5.97 Å². The average molecular weight is 274 g/mol. The number of amides is 2. The van der Waals surface area contributed by atoms with E-state index in [1.165, 1.54) is 5.56 Å². The molecule has 1 aromatic carbocycles. The van der Waals surface area contributed by atoms with E-state index >= 15 is 0 Å². The van der Waals surface area contributed by atoms with Crippen molar-refractivity contribution in [1.82, 2.24) is 4.90 Å². The molecular weight excluding hydrogens is 256 g/mol. The molecule has 5 heteroatoms. The number of para-hydroxylation sites is 1. The van der Waals surface area contributed by atoms with Crippen LogP contribution in [0.5, 0.6) is 0 Å². The van der Waals surface area contributed by atoms with E-state index in [9.17, 15) is 9.59 Å². The number of urea groups is 1. The van der Waals surface area contributed by atoms with Crippen LogP contribution in [0.2, 0.25) is 0 Å². The van der Waals surface area contributed by atoms with Gasteiger partial charge in [0.15, 0.2) is 0 Å². The molecule has 0 radical (unpaired) electrons. The first kappa shape index (κ1) is 13.0. The van der Waals surface area contributed by atoms with Crippen LogP contribution in [0.4, 0.5) is 10.5 Å². The molecule has 2 heterocycles. The Morgan fingerprint density at radius 2 is 2.00 bits per heavy atom. The molecule has 0 spiro atoms. The van der Waals surface area contributed by atoms with Crippen molar-refractivity contribution in [2.45, 2.75) is 25.8 Å². The van der Waals surface area contributed by atoms with E-state index in [1.807, 2.05) is 30.0 Å². The molecule has 1 unspecified atom stereocenters. The number of carbonyl (C=O) groups is 2. The van der Waals surface area contributed by atoms with Gasteiger partial charge in [0, 0.05) is 30.7 Å². The minimum atomic E-state index is -0.790. The second-order valence-corrected chi connectivity index (χ2v) is 5.70. The fraction of sp³-hybridized carbons (Fsp3) is 0.467. The van der Waals surface area contributed by atoms with Gasteiger partial charge < -0.3 is 10.0 Å². The van der Waals surface area contributed by atoms with Gasteiger partial charge in [-0.2, -0.15) is 0 Å². The highest BCUT2D eigenvalue weighted by Crippen LogP contribution is 2.34. The minimum Gasteiger partial charge on any atom is -0.481 e. The van der Waals surface area contributed by atoms with Gasteiger partial charge >= 0.3 is 12.0 Å². The smallest absolute Gasteiger partial charge is 0.324 e. The van der Waals surface area contributed by atoms with E-state index in [4.69, 9.17) is 5.11 Å². The second-order valence-electron chi connectivity index (χ2n) is 5.70. The van der Waals surface area contributed by atoms with E-state index in [2.05, 4.69) is 6.07 Å². The molecule has 0 aromatic heterocycles. The van der Waals surface area contributed by atoms with Crippen molar-refractivity contribution in [3.05, 3.63) is 29.8 Å². The molecule has 1 fully saturated rings. The number of likely N-dealkylation sites (tertiary alicyclic amines) is 1. The number of benzene rings is 1. The van der Waals surface area contributed by atoms with Crippen LogP contribution >= 0.6 is 0 Å². The third-order valence-electron chi connectivity index (χ3n) is 4.10. The van der Waals surface area contributed by atoms with Crippen LogP contribution in [-0.2, 0) is 11.2 Å². The monoisotopic (exact) mass is 274 g/mol. The van der Waals surface area contributed by atoms with Gasteiger partial charge in [-0.3, -0.25) is 9.69 Å². The predicted molar refractivity (Wildman–Crippen MR) is 74.8 cm³/mol. The molecule has 0 saturated carbocycles. The molecule has 3 rings (SSSR count). The topological polar surface area (TPSA) is 60.9 Å². The van der Waals surface area contributed by atoms with Crippen LogP contribution in [0.3, 0.4) is 0 Å². The van der Waals surface area contributed by atoms with Crippen LogP contribution < -0.4 is 4.90 Å². The maximum Gasteiger partial charge on any atom is 0.324 e. The van der Waals surface area contributed by atoms with Crippen molar-refractivity contribution in [3.8, 4) is 0 Å². The molecule has 2 aliphatic heterocycles. The lowest BCUT2D eigenvalue weighted by atomic mass is 9.97. The predicted octanol–water partition coefficient (Wildman–Crippen LogP) is 1.96. The van der Waals surface area contributed by atoms with Crippen molar-refractivity contribution >= 4 is 17.7 Å². The summed E-state index contributed by atoms with van der Waals surface area (Å²) in [6, 6.07) is 8.14. The van der Waals surface area contributed by atoms with Crippen molar-refractivity contribution in [2.24, 2.45) is 5.92 Å². The molecule has 1 atom stereocenters. The lowest BCUT2D eigenvalue weighted by Crippen LogP contribution is -2.56. The first-order chi connectivity index (χ1) is 9.56. The first-order valence-electron chi connectivity index (χ1n) is 6.94. The van der Waals surface area contributed by atoms with Gasteiger partial charge in [0.1, 0.15) is 0 Å². The minimum absolute atomic E-state index is 0.00379. The number of fused-ring (bicyclic) bond motifs is 1. The molecule has 2 amide bonds. The summed E-state index contributed by atoms with van der Waals surface area (Å²) in [6.45, 7) is 3.15. The Kier molecular flexibility index (Phi) is 3.12. The van der Waals surface area contributed by atoms with Gasteiger partial charge in [0.05, 0.1) is 6.42 Å². The molecular formula is C15H18N2O3. The highest BCUT2D eigenvalue weighted by Gasteiger charge is 2.39. The molecule has 0 aliphatic carbocycles. The number of nitrogens with zero attached hydrogens (tertiary/aromatic N) is 2. The molecule has 1 saturated heterocycles. The van der Waals surface area contributed by atoms with Gasteiger partial charge in [-0.15, -0.1) is 0 Å². The number of aliphatic carboxylic acids is 1. The zero-order chi connectivity index (χ0) is 14.3. The lowest BCUT2D eigenvalue weighted by molar-refractivity contribution is -0.139. The van der Waals surface area contributed by atoms with Crippen molar-refractivity contribution < 1.29 is 14.7 Å². The largest absolute Gasteiger partial charge is 0.481 e. The van der Waals surface area contributed by atoms with Crippen molar-refractivity contribution in [1.29, 1.82) is 0 Å². The number of carbonyl (C=O) groups excluding carboxylic acids is 1. The highest BCUT2D eigenvalue weighted by atomic mass is 16.4. The fourth-order valence-electron chi connectivity index (χ4n) is 3.11. The van der Waals surface area contributed by atoms with Crippen LogP contribution in [-0.4, -0.2) is 41.1 Å². The molecule has 106 valence electrons. The summed E-state index contributed by atoms with van der Waals surface area (Å²) in [4.78, 5) is 26.8. The van der Waals surface area contributed by atoms with Crippen molar-refractivity contribution in [3.63, 3.8) is 0 Å². The van der Waals surface area contributed by atoms with E-state index in [1.54, 1.807) is 4.90 Å². The summed E-state index contributed by atoms with van der Waals surface area (Å²) in [5, 5.41) is 8.74. The molecule has 1 N–H and O–H groups in total. The van der Waals surface area contributed by atoms with E-state index in [0.717, 1.165) is 12.1 Å². The van der Waals surface area contributed by atoms with Gasteiger partial charge in [-0.1, -0.05) is 18.2 Å². The Morgan fingerprint density at radius 1 is 1.30 bits per heavy atom. The number of hydrogen-bond acceptors (Lipinski definition) is 2. The van der Waals surface area contributed by atoms with Crippen LogP contribution in [0.1, 0.15) is 18.9 Å². The Labute approximate surface area is 117 Å². The average Bonchev–Trinajstić information content (AvgIpc) is 2.68. The second kappa shape index (κ2) is 4.81. The summed E-state index contributed by atoms with van der Waals surface area (Å²) >= 11 is 0. The standard InChI is InChI=1S/C15H18N2O3/c1-10-6-12-4-2-3-5-13(12)17(10)15(20)16-8-11(9-16)7-14(18)19/h2-5,10-11H,6-9H2,1H3,(H,18,19). The zero-order valence-corrected chi connectivity index (χ0v) is 11.5. The van der Waals surface area contributed by atoms with Gasteiger partial charge in [0.25, 0.3) is 0 Å². The third kappa shape index (κ3) is 2.13. The molecule has 0 bridgehead atoms. The number of anilines is 1. The van der Waals surface area contributed by atoms with E-state index in [0.29, 0.717) is 13.1 Å². The van der Waals surface area contributed by atoms with Crippen molar-refractivity contribution in [2.75, 3.05) is 18.0 Å². The Balaban J connectivity index is 1.69. The highest BCUT2D eigenvalue weighted by molar-refractivity contribution is 5.95. The maximum atomic E-state index is 12.5. The number of rotatable bonds is 2. The maximum absolute atomic E-state index is 12.5. The van der Waals surface area contributed by atoms with Gasteiger partial charge in [0.2, 0.25) is 0 Å². The third-order valence-corrected chi connectivity index (χ3v) is 4.10. The number of hydrogen-bond donors (Lipinski definition) is 1. The van der Waals surface area contributed by atoms with Crippen LogP contribution in [0.15, 0.2) is 24.3 Å². The quantitative estimate of drug-likeness (QED) is 0.896.